The van der Waals surface area contributed by atoms with Gasteiger partial charge in [-0.1, -0.05) is 0 Å². The molecule has 8 heteroatoms. The van der Waals surface area contributed by atoms with Crippen molar-refractivity contribution in [3.63, 3.8) is 0 Å². The zero-order valence-electron chi connectivity index (χ0n) is 11.2. The van der Waals surface area contributed by atoms with Crippen molar-refractivity contribution in [3.05, 3.63) is 35.4 Å². The third-order valence-electron chi connectivity index (χ3n) is 2.73. The van der Waals surface area contributed by atoms with Gasteiger partial charge in [-0.05, 0) is 13.0 Å². The summed E-state index contributed by atoms with van der Waals surface area (Å²) in [5.41, 5.74) is 0.486. The number of carbonyl (C=O) groups is 2. The largest absolute Gasteiger partial charge is 0.476 e. The van der Waals surface area contributed by atoms with E-state index in [-0.39, 0.29) is 17.8 Å². The fraction of sp³-hybridized carbons (Fsp3) is 0.333. The van der Waals surface area contributed by atoms with E-state index in [1.165, 1.54) is 10.9 Å². The first kappa shape index (κ1) is 13.8. The van der Waals surface area contributed by atoms with Gasteiger partial charge in [-0.25, -0.2) is 4.79 Å². The molecule has 0 aliphatic rings. The topological polar surface area (TPSA) is 102 Å². The molecule has 0 atom stereocenters. The van der Waals surface area contributed by atoms with E-state index in [0.717, 1.165) is 6.54 Å². The summed E-state index contributed by atoms with van der Waals surface area (Å²) in [6.45, 7) is 2.95. The normalized spacial score (nSPS) is 10.5. The molecule has 20 heavy (non-hydrogen) atoms. The second-order valence-corrected chi connectivity index (χ2v) is 4.22. The smallest absolute Gasteiger partial charge is 0.357 e. The number of carbonyl (C=O) groups excluding carboxylic acids is 1. The lowest BCUT2D eigenvalue weighted by Crippen LogP contribution is -2.24. The molecule has 0 saturated heterocycles. The van der Waals surface area contributed by atoms with Gasteiger partial charge in [-0.15, -0.1) is 0 Å². The first-order chi connectivity index (χ1) is 9.51. The lowest BCUT2D eigenvalue weighted by molar-refractivity contribution is 0.0684. The predicted octanol–water partition coefficient (Wildman–Crippen LogP) is 0.265. The van der Waals surface area contributed by atoms with Gasteiger partial charge in [0.1, 0.15) is 0 Å². The van der Waals surface area contributed by atoms with Crippen LogP contribution in [0.25, 0.3) is 0 Å². The SMILES string of the molecule is CCn1ccc(CNC(=O)c2cn(C)nc2C(=O)O)n1. The Morgan fingerprint density at radius 2 is 2.15 bits per heavy atom. The summed E-state index contributed by atoms with van der Waals surface area (Å²) in [4.78, 5) is 23.0. The lowest BCUT2D eigenvalue weighted by Gasteiger charge is -2.01. The van der Waals surface area contributed by atoms with Crippen molar-refractivity contribution >= 4 is 11.9 Å². The quantitative estimate of drug-likeness (QED) is 0.816. The number of rotatable bonds is 5. The molecule has 0 aromatic carbocycles. The minimum atomic E-state index is -1.23. The monoisotopic (exact) mass is 277 g/mol. The van der Waals surface area contributed by atoms with Crippen LogP contribution in [0.1, 0.15) is 33.5 Å². The average molecular weight is 277 g/mol. The van der Waals surface area contributed by atoms with Crippen LogP contribution in [-0.4, -0.2) is 36.5 Å². The maximum Gasteiger partial charge on any atom is 0.357 e. The highest BCUT2D eigenvalue weighted by Gasteiger charge is 2.20. The Morgan fingerprint density at radius 3 is 2.75 bits per heavy atom. The van der Waals surface area contributed by atoms with Crippen molar-refractivity contribution in [3.8, 4) is 0 Å². The molecule has 0 fully saturated rings. The molecule has 2 heterocycles. The van der Waals surface area contributed by atoms with Crippen molar-refractivity contribution in [1.29, 1.82) is 0 Å². The predicted molar refractivity (Wildman–Crippen MR) is 69.2 cm³/mol. The van der Waals surface area contributed by atoms with Crippen molar-refractivity contribution in [2.75, 3.05) is 0 Å². The Hall–Kier alpha value is -2.64. The summed E-state index contributed by atoms with van der Waals surface area (Å²) in [6.07, 6.45) is 3.19. The van der Waals surface area contributed by atoms with E-state index in [1.54, 1.807) is 17.8 Å². The third-order valence-corrected chi connectivity index (χ3v) is 2.73. The molecule has 2 aromatic heterocycles. The highest BCUT2D eigenvalue weighted by Crippen LogP contribution is 2.06. The average Bonchev–Trinajstić information content (AvgIpc) is 3.02. The fourth-order valence-corrected chi connectivity index (χ4v) is 1.75. The van der Waals surface area contributed by atoms with Gasteiger partial charge in [-0.2, -0.15) is 10.2 Å². The minimum absolute atomic E-state index is 0.0370. The van der Waals surface area contributed by atoms with Gasteiger partial charge in [0.15, 0.2) is 5.69 Å². The maximum absolute atomic E-state index is 12.0. The van der Waals surface area contributed by atoms with Gasteiger partial charge in [0.25, 0.3) is 5.91 Å². The van der Waals surface area contributed by atoms with Crippen molar-refractivity contribution < 1.29 is 14.7 Å². The number of nitrogens with zero attached hydrogens (tertiary/aromatic N) is 4. The molecule has 0 aliphatic carbocycles. The van der Waals surface area contributed by atoms with E-state index in [9.17, 15) is 9.59 Å². The molecule has 2 aromatic rings. The molecular weight excluding hydrogens is 262 g/mol. The van der Waals surface area contributed by atoms with E-state index in [0.29, 0.717) is 5.69 Å². The van der Waals surface area contributed by atoms with Crippen LogP contribution >= 0.6 is 0 Å². The Balaban J connectivity index is 2.06. The number of carboxylic acid groups (broad SMARTS) is 1. The number of aromatic nitrogens is 4. The number of carboxylic acids is 1. The molecule has 0 spiro atoms. The van der Waals surface area contributed by atoms with Gasteiger partial charge in [0.2, 0.25) is 0 Å². The van der Waals surface area contributed by atoms with E-state index < -0.39 is 11.9 Å². The van der Waals surface area contributed by atoms with Gasteiger partial charge in [0.05, 0.1) is 17.8 Å². The Bertz CT molecular complexity index is 643. The number of nitrogens with one attached hydrogen (secondary N) is 1. The Kier molecular flexibility index (Phi) is 3.83. The highest BCUT2D eigenvalue weighted by molar-refractivity contribution is 6.03. The summed E-state index contributed by atoms with van der Waals surface area (Å²) in [7, 11) is 1.56. The molecule has 106 valence electrons. The summed E-state index contributed by atoms with van der Waals surface area (Å²) in [5.74, 6) is -1.72. The molecule has 2 N–H and O–H groups in total. The first-order valence-corrected chi connectivity index (χ1v) is 6.08. The van der Waals surface area contributed by atoms with Gasteiger partial charge < -0.3 is 10.4 Å². The maximum atomic E-state index is 12.0. The van der Waals surface area contributed by atoms with Gasteiger partial charge in [-0.3, -0.25) is 14.2 Å². The molecule has 8 nitrogen and oxygen atoms in total. The Morgan fingerprint density at radius 1 is 1.40 bits per heavy atom. The summed E-state index contributed by atoms with van der Waals surface area (Å²) in [5, 5.41) is 19.6. The van der Waals surface area contributed by atoms with Crippen LogP contribution in [0.15, 0.2) is 18.5 Å². The second kappa shape index (κ2) is 5.55. The van der Waals surface area contributed by atoms with Gasteiger partial charge >= 0.3 is 5.97 Å². The van der Waals surface area contributed by atoms with Crippen LogP contribution in [0.4, 0.5) is 0 Å². The number of aromatic carboxylic acids is 1. The molecule has 2 rings (SSSR count). The number of hydrogen-bond donors (Lipinski definition) is 2. The number of aryl methyl sites for hydroxylation is 2. The van der Waals surface area contributed by atoms with Gasteiger partial charge in [0, 0.05) is 26.0 Å². The van der Waals surface area contributed by atoms with Crippen molar-refractivity contribution in [2.45, 2.75) is 20.0 Å². The highest BCUT2D eigenvalue weighted by atomic mass is 16.4. The van der Waals surface area contributed by atoms with E-state index in [1.807, 2.05) is 13.1 Å². The van der Waals surface area contributed by atoms with E-state index >= 15 is 0 Å². The van der Waals surface area contributed by atoms with Crippen LogP contribution in [0.5, 0.6) is 0 Å². The number of hydrogen-bond acceptors (Lipinski definition) is 4. The molecule has 0 radical (unpaired) electrons. The zero-order valence-corrected chi connectivity index (χ0v) is 11.2. The summed E-state index contributed by atoms with van der Waals surface area (Å²) >= 11 is 0. The summed E-state index contributed by atoms with van der Waals surface area (Å²) < 4.78 is 3.04. The molecule has 0 aliphatic heterocycles. The van der Waals surface area contributed by atoms with Crippen molar-refractivity contribution in [2.24, 2.45) is 7.05 Å². The van der Waals surface area contributed by atoms with Crippen LogP contribution in [-0.2, 0) is 20.1 Å². The first-order valence-electron chi connectivity index (χ1n) is 6.08. The van der Waals surface area contributed by atoms with E-state index in [2.05, 4.69) is 15.5 Å². The van der Waals surface area contributed by atoms with Crippen LogP contribution in [0.2, 0.25) is 0 Å². The zero-order chi connectivity index (χ0) is 14.7. The van der Waals surface area contributed by atoms with Crippen molar-refractivity contribution in [1.82, 2.24) is 24.9 Å². The Labute approximate surface area is 115 Å². The standard InChI is InChI=1S/C12H15N5O3/c1-3-17-5-4-8(14-17)6-13-11(18)9-7-16(2)15-10(9)12(19)20/h4-5,7H,3,6H2,1-2H3,(H,13,18)(H,19,20). The van der Waals surface area contributed by atoms with Crippen LogP contribution < -0.4 is 5.32 Å². The minimum Gasteiger partial charge on any atom is -0.476 e. The molecule has 1 amide bonds. The molecule has 0 saturated carbocycles. The fourth-order valence-electron chi connectivity index (χ4n) is 1.75. The van der Waals surface area contributed by atoms with Crippen LogP contribution in [0.3, 0.4) is 0 Å². The summed E-state index contributed by atoms with van der Waals surface area (Å²) in [6, 6.07) is 1.80. The third kappa shape index (κ3) is 2.85. The molecule has 0 bridgehead atoms. The second-order valence-electron chi connectivity index (χ2n) is 4.22. The van der Waals surface area contributed by atoms with E-state index in [4.69, 9.17) is 5.11 Å². The molecule has 0 unspecified atom stereocenters. The van der Waals surface area contributed by atoms with Crippen LogP contribution in [0, 0.1) is 0 Å². The molecular formula is C12H15N5O3. The number of amides is 1. The lowest BCUT2D eigenvalue weighted by atomic mass is 10.2.